The number of ether oxygens (including phenoxy) is 1. The van der Waals surface area contributed by atoms with E-state index in [2.05, 4.69) is 20.4 Å². The first-order valence-corrected chi connectivity index (χ1v) is 11.2. The summed E-state index contributed by atoms with van der Waals surface area (Å²) in [6.07, 6.45) is -10.2. The molecule has 0 saturated carbocycles. The van der Waals surface area contributed by atoms with Gasteiger partial charge in [-0.25, -0.2) is 18.9 Å². The van der Waals surface area contributed by atoms with Crippen LogP contribution in [0.3, 0.4) is 0 Å². The fourth-order valence-electron chi connectivity index (χ4n) is 4.15. The number of aromatic nitrogens is 4. The number of nitrogen functional groups attached to an aromatic ring is 1. The Morgan fingerprint density at radius 2 is 1.82 bits per heavy atom. The Hall–Kier alpha value is -4.22. The Labute approximate surface area is 219 Å². The zero-order chi connectivity index (χ0) is 29.8. The molecule has 3 aromatic rings. The number of nitrogens with zero attached hydrogens (tertiary/aromatic N) is 5. The van der Waals surface area contributed by atoms with Crippen LogP contribution in [0.2, 0.25) is 0 Å². The minimum Gasteiger partial charge on any atom is -0.480 e. The summed E-state index contributed by atoms with van der Waals surface area (Å²) in [5, 5.41) is 15.7. The monoisotopic (exact) mass is 579 g/mol. The van der Waals surface area contributed by atoms with Gasteiger partial charge < -0.3 is 25.8 Å². The van der Waals surface area contributed by atoms with Gasteiger partial charge in [0.15, 0.2) is 5.82 Å². The molecule has 0 radical (unpaired) electrons. The Morgan fingerprint density at radius 3 is 2.42 bits per heavy atom. The van der Waals surface area contributed by atoms with Crippen molar-refractivity contribution in [1.82, 2.24) is 29.8 Å². The molecule has 0 aromatic carbocycles. The molecule has 1 saturated heterocycles. The maximum Gasteiger partial charge on any atom is 0.426 e. The zero-order valence-electron chi connectivity index (χ0n) is 20.5. The molecule has 0 aliphatic carbocycles. The molecule has 0 bridgehead atoms. The molecule has 40 heavy (non-hydrogen) atoms. The van der Waals surface area contributed by atoms with Crippen LogP contribution in [0.1, 0.15) is 22.8 Å². The van der Waals surface area contributed by atoms with E-state index in [4.69, 9.17) is 10.5 Å². The third-order valence-corrected chi connectivity index (χ3v) is 6.29. The van der Waals surface area contributed by atoms with Crippen molar-refractivity contribution < 1.29 is 50.2 Å². The van der Waals surface area contributed by atoms with Crippen LogP contribution in [0.4, 0.5) is 36.6 Å². The van der Waals surface area contributed by atoms with Gasteiger partial charge in [-0.1, -0.05) is 0 Å². The van der Waals surface area contributed by atoms with Gasteiger partial charge in [-0.15, -0.1) is 0 Å². The SMILES string of the molecule is COc1ncc(-c2cc(C(F)(F)F)c3c(N)ncnn23)cc1C(=O)N[C@@H]1CN(C(=O)C(C)(O)C(F)(F)F)C[C@@H]1F. The number of fused-ring (bicyclic) bond motifs is 1. The van der Waals surface area contributed by atoms with Crippen molar-refractivity contribution in [3.63, 3.8) is 0 Å². The predicted octanol–water partition coefficient (Wildman–Crippen LogP) is 1.99. The maximum atomic E-state index is 14.7. The molecule has 1 aliphatic heterocycles. The number of pyridine rings is 1. The van der Waals surface area contributed by atoms with Gasteiger partial charge in [-0.2, -0.15) is 31.4 Å². The molecule has 11 nitrogen and oxygen atoms in total. The fraction of sp³-hybridized carbons (Fsp3) is 0.409. The second-order valence-corrected chi connectivity index (χ2v) is 9.00. The normalized spacial score (nSPS) is 19.5. The Morgan fingerprint density at radius 1 is 1.15 bits per heavy atom. The number of hydrogen-bond donors (Lipinski definition) is 3. The van der Waals surface area contributed by atoms with Gasteiger partial charge in [0.05, 0.1) is 31.0 Å². The van der Waals surface area contributed by atoms with Crippen LogP contribution in [-0.2, 0) is 11.0 Å². The van der Waals surface area contributed by atoms with E-state index in [0.29, 0.717) is 4.90 Å². The molecular weight excluding hydrogens is 559 g/mol. The highest BCUT2D eigenvalue weighted by Gasteiger charge is 2.58. The molecule has 0 spiro atoms. The van der Waals surface area contributed by atoms with Gasteiger partial charge in [0.2, 0.25) is 11.5 Å². The maximum absolute atomic E-state index is 14.7. The number of carbonyl (C=O) groups excluding carboxylic acids is 2. The van der Waals surface area contributed by atoms with Gasteiger partial charge in [0.25, 0.3) is 11.8 Å². The first-order chi connectivity index (χ1) is 18.5. The van der Waals surface area contributed by atoms with Crippen molar-refractivity contribution in [3.05, 3.63) is 35.8 Å². The minimum atomic E-state index is -5.33. The summed E-state index contributed by atoms with van der Waals surface area (Å²) in [5.41, 5.74) is -0.457. The Balaban J connectivity index is 1.65. The molecule has 2 amide bonds. The topological polar surface area (TPSA) is 148 Å². The first-order valence-electron chi connectivity index (χ1n) is 11.2. The molecule has 1 aliphatic rings. The lowest BCUT2D eigenvalue weighted by atomic mass is 10.1. The predicted molar refractivity (Wildman–Crippen MR) is 122 cm³/mol. The van der Waals surface area contributed by atoms with Crippen molar-refractivity contribution in [2.45, 2.75) is 37.1 Å². The highest BCUT2D eigenvalue weighted by molar-refractivity contribution is 5.98. The summed E-state index contributed by atoms with van der Waals surface area (Å²) in [4.78, 5) is 33.2. The molecule has 4 N–H and O–H groups in total. The summed E-state index contributed by atoms with van der Waals surface area (Å²) >= 11 is 0. The smallest absolute Gasteiger partial charge is 0.426 e. The number of amides is 2. The molecule has 216 valence electrons. The van der Waals surface area contributed by atoms with E-state index in [-0.39, 0.29) is 29.6 Å². The quantitative estimate of drug-likeness (QED) is 0.389. The number of carbonyl (C=O) groups is 2. The summed E-state index contributed by atoms with van der Waals surface area (Å²) in [7, 11) is 1.13. The molecule has 4 rings (SSSR count). The largest absolute Gasteiger partial charge is 0.480 e. The average Bonchev–Trinajstić information content (AvgIpc) is 3.44. The van der Waals surface area contributed by atoms with Crippen molar-refractivity contribution in [2.75, 3.05) is 25.9 Å². The van der Waals surface area contributed by atoms with Crippen molar-refractivity contribution in [3.8, 4) is 17.1 Å². The molecule has 3 aromatic heterocycles. The van der Waals surface area contributed by atoms with Crippen LogP contribution in [0.15, 0.2) is 24.7 Å². The van der Waals surface area contributed by atoms with E-state index in [0.717, 1.165) is 36.3 Å². The van der Waals surface area contributed by atoms with Gasteiger partial charge in [-0.3, -0.25) is 9.59 Å². The summed E-state index contributed by atoms with van der Waals surface area (Å²) < 4.78 is 101. The average molecular weight is 579 g/mol. The van der Waals surface area contributed by atoms with Crippen LogP contribution in [0, 0.1) is 0 Å². The Kier molecular flexibility index (Phi) is 7.02. The van der Waals surface area contributed by atoms with Crippen molar-refractivity contribution in [2.24, 2.45) is 0 Å². The third kappa shape index (κ3) is 4.93. The van der Waals surface area contributed by atoms with E-state index in [1.807, 2.05) is 0 Å². The summed E-state index contributed by atoms with van der Waals surface area (Å²) in [5.74, 6) is -3.63. The second kappa shape index (κ2) is 9.76. The third-order valence-electron chi connectivity index (χ3n) is 6.29. The minimum absolute atomic E-state index is 0.0594. The lowest BCUT2D eigenvalue weighted by Gasteiger charge is -2.29. The molecule has 1 fully saturated rings. The second-order valence-electron chi connectivity index (χ2n) is 9.00. The number of halogens is 7. The fourth-order valence-corrected chi connectivity index (χ4v) is 4.15. The first kappa shape index (κ1) is 28.8. The number of anilines is 1. The van der Waals surface area contributed by atoms with Gasteiger partial charge >= 0.3 is 12.4 Å². The Bertz CT molecular complexity index is 1470. The standard InChI is InChI=1S/C22H20F7N7O4/c1-20(39,22(27,28)29)19(38)35-6-12(23)13(7-35)34-17(37)10-3-9(5-31-18(10)40-2)14-4-11(21(24,25)26)15-16(30)32-8-33-36(14)15/h3-5,8,12-13,39H,6-7H2,1-2H3,(H,34,37)(H2,30,32,33)/t12-,13+,20?/m0/s1. The van der Waals surface area contributed by atoms with E-state index < -0.39 is 72.0 Å². The van der Waals surface area contributed by atoms with E-state index in [1.165, 1.54) is 0 Å². The number of methoxy groups -OCH3 is 1. The van der Waals surface area contributed by atoms with Crippen LogP contribution < -0.4 is 15.8 Å². The number of nitrogens with two attached hydrogens (primary N) is 1. The number of alkyl halides is 7. The summed E-state index contributed by atoms with van der Waals surface area (Å²) in [6, 6.07) is 0.309. The highest BCUT2D eigenvalue weighted by Crippen LogP contribution is 2.39. The van der Waals surface area contributed by atoms with E-state index in [1.54, 1.807) is 0 Å². The van der Waals surface area contributed by atoms with E-state index >= 15 is 0 Å². The molecule has 3 atom stereocenters. The molecular formula is C22H20F7N7O4. The number of likely N-dealkylation sites (tertiary alicyclic amines) is 1. The van der Waals surface area contributed by atoms with Crippen LogP contribution >= 0.6 is 0 Å². The van der Waals surface area contributed by atoms with Gasteiger partial charge in [0, 0.05) is 18.3 Å². The number of aliphatic hydroxyl groups is 1. The summed E-state index contributed by atoms with van der Waals surface area (Å²) in [6.45, 7) is -1.32. The number of rotatable bonds is 5. The molecule has 4 heterocycles. The van der Waals surface area contributed by atoms with Crippen LogP contribution in [0.5, 0.6) is 5.88 Å². The highest BCUT2D eigenvalue weighted by atomic mass is 19.4. The van der Waals surface area contributed by atoms with Crippen molar-refractivity contribution in [1.29, 1.82) is 0 Å². The van der Waals surface area contributed by atoms with Crippen LogP contribution in [-0.4, -0.2) is 85.6 Å². The zero-order valence-corrected chi connectivity index (χ0v) is 20.5. The van der Waals surface area contributed by atoms with Gasteiger partial charge in [-0.05, 0) is 19.1 Å². The lowest BCUT2D eigenvalue weighted by Crippen LogP contribution is -2.56. The van der Waals surface area contributed by atoms with Crippen LogP contribution in [0.25, 0.3) is 16.8 Å². The number of hydrogen-bond acceptors (Lipinski definition) is 8. The molecule has 18 heteroatoms. The number of nitrogens with one attached hydrogen (secondary N) is 1. The lowest BCUT2D eigenvalue weighted by molar-refractivity contribution is -0.249. The van der Waals surface area contributed by atoms with Crippen molar-refractivity contribution >= 4 is 23.1 Å². The molecule has 1 unspecified atom stereocenters. The van der Waals surface area contributed by atoms with E-state index in [9.17, 15) is 45.4 Å². The van der Waals surface area contributed by atoms with Gasteiger partial charge in [0.1, 0.15) is 23.6 Å².